The predicted molar refractivity (Wildman–Crippen MR) is 110 cm³/mol. The average molecular weight is 405 g/mol. The summed E-state index contributed by atoms with van der Waals surface area (Å²) in [5.41, 5.74) is 0.941. The van der Waals surface area contributed by atoms with Gasteiger partial charge in [-0.05, 0) is 37.3 Å². The molecule has 4 rings (SSSR count). The molecule has 6 nitrogen and oxygen atoms in total. The number of halogens is 1. The first-order valence-electron chi connectivity index (χ1n) is 10.2. The van der Waals surface area contributed by atoms with Crippen molar-refractivity contribution in [1.29, 1.82) is 0 Å². The summed E-state index contributed by atoms with van der Waals surface area (Å²) in [6.07, 6.45) is 6.79. The van der Waals surface area contributed by atoms with E-state index in [4.69, 9.17) is 4.52 Å². The molecule has 2 aliphatic rings. The molecular formula is C21H29ClN4O2. The van der Waals surface area contributed by atoms with Crippen LogP contribution in [0.25, 0.3) is 11.5 Å². The molecule has 1 aromatic carbocycles. The fourth-order valence-corrected chi connectivity index (χ4v) is 4.19. The Labute approximate surface area is 172 Å². The number of amides is 1. The minimum absolute atomic E-state index is 0. The third-order valence-corrected chi connectivity index (χ3v) is 5.73. The number of aromatic nitrogens is 2. The summed E-state index contributed by atoms with van der Waals surface area (Å²) in [4.78, 5) is 21.5. The molecule has 1 aromatic heterocycles. The van der Waals surface area contributed by atoms with Crippen LogP contribution in [0.4, 0.5) is 0 Å². The lowest BCUT2D eigenvalue weighted by Crippen LogP contribution is -2.35. The Morgan fingerprint density at radius 1 is 1.04 bits per heavy atom. The second-order valence-corrected chi connectivity index (χ2v) is 7.75. The summed E-state index contributed by atoms with van der Waals surface area (Å²) in [6, 6.07) is 9.84. The summed E-state index contributed by atoms with van der Waals surface area (Å²) in [7, 11) is 0. The summed E-state index contributed by atoms with van der Waals surface area (Å²) >= 11 is 0. The van der Waals surface area contributed by atoms with Gasteiger partial charge >= 0.3 is 0 Å². The van der Waals surface area contributed by atoms with Crippen LogP contribution in [-0.2, 0) is 11.3 Å². The predicted octanol–water partition coefficient (Wildman–Crippen LogP) is 3.77. The van der Waals surface area contributed by atoms with Crippen LogP contribution in [0.2, 0.25) is 0 Å². The summed E-state index contributed by atoms with van der Waals surface area (Å²) in [5, 5.41) is 4.13. The fraction of sp³-hybridized carbons (Fsp3) is 0.571. The van der Waals surface area contributed by atoms with Crippen LogP contribution >= 0.6 is 12.4 Å². The zero-order chi connectivity index (χ0) is 18.5. The van der Waals surface area contributed by atoms with E-state index >= 15 is 0 Å². The lowest BCUT2D eigenvalue weighted by molar-refractivity contribution is -0.132. The Bertz CT molecular complexity index is 746. The minimum atomic E-state index is 0. The first-order valence-corrected chi connectivity index (χ1v) is 10.2. The number of rotatable bonds is 5. The van der Waals surface area contributed by atoms with Crippen molar-refractivity contribution in [3.05, 3.63) is 36.2 Å². The topological polar surface area (TPSA) is 62.5 Å². The third-order valence-electron chi connectivity index (χ3n) is 5.73. The van der Waals surface area contributed by atoms with Crippen LogP contribution in [-0.4, -0.2) is 52.0 Å². The van der Waals surface area contributed by atoms with Crippen LogP contribution in [0, 0.1) is 5.92 Å². The van der Waals surface area contributed by atoms with Gasteiger partial charge in [-0.2, -0.15) is 4.98 Å². The van der Waals surface area contributed by atoms with E-state index in [0.717, 1.165) is 44.6 Å². The lowest BCUT2D eigenvalue weighted by Gasteiger charge is -2.22. The van der Waals surface area contributed by atoms with Crippen LogP contribution < -0.4 is 0 Å². The summed E-state index contributed by atoms with van der Waals surface area (Å²) < 4.78 is 5.40. The van der Waals surface area contributed by atoms with Crippen molar-refractivity contribution in [2.75, 3.05) is 26.2 Å². The van der Waals surface area contributed by atoms with E-state index < -0.39 is 0 Å². The van der Waals surface area contributed by atoms with Crippen LogP contribution in [0.5, 0.6) is 0 Å². The zero-order valence-corrected chi connectivity index (χ0v) is 17.1. The first kappa shape index (κ1) is 20.8. The molecule has 152 valence electrons. The van der Waals surface area contributed by atoms with Crippen LogP contribution in [0.1, 0.15) is 44.3 Å². The Balaban J connectivity index is 0.00000225. The van der Waals surface area contributed by atoms with Crippen molar-refractivity contribution in [3.63, 3.8) is 0 Å². The lowest BCUT2D eigenvalue weighted by atomic mass is 10.0. The number of nitrogens with zero attached hydrogens (tertiary/aromatic N) is 4. The van der Waals surface area contributed by atoms with E-state index in [1.165, 1.54) is 25.7 Å². The molecule has 7 heteroatoms. The van der Waals surface area contributed by atoms with E-state index in [1.54, 1.807) is 0 Å². The van der Waals surface area contributed by atoms with Gasteiger partial charge in [0, 0.05) is 38.2 Å². The van der Waals surface area contributed by atoms with E-state index in [1.807, 2.05) is 30.3 Å². The van der Waals surface area contributed by atoms with Crippen molar-refractivity contribution in [1.82, 2.24) is 19.9 Å². The Kier molecular flexibility index (Phi) is 7.45. The molecule has 0 spiro atoms. The van der Waals surface area contributed by atoms with Gasteiger partial charge in [0.05, 0.1) is 6.54 Å². The van der Waals surface area contributed by atoms with Gasteiger partial charge in [-0.1, -0.05) is 36.2 Å². The number of hydrogen-bond donors (Lipinski definition) is 0. The van der Waals surface area contributed by atoms with Gasteiger partial charge in [0.2, 0.25) is 5.91 Å². The molecule has 0 N–H and O–H groups in total. The highest BCUT2D eigenvalue weighted by Gasteiger charge is 2.24. The Hall–Kier alpha value is -1.92. The summed E-state index contributed by atoms with van der Waals surface area (Å²) in [5.74, 6) is 2.23. The number of benzene rings is 1. The monoisotopic (exact) mass is 404 g/mol. The molecule has 2 aromatic rings. The molecule has 0 unspecified atom stereocenters. The van der Waals surface area contributed by atoms with Gasteiger partial charge < -0.3 is 9.42 Å². The number of carbonyl (C=O) groups excluding carboxylic acids is 1. The largest absolute Gasteiger partial charge is 0.341 e. The van der Waals surface area contributed by atoms with Gasteiger partial charge in [0.1, 0.15) is 0 Å². The van der Waals surface area contributed by atoms with E-state index in [2.05, 4.69) is 19.9 Å². The highest BCUT2D eigenvalue weighted by Crippen LogP contribution is 2.28. The molecule has 2 fully saturated rings. The molecule has 1 aliphatic carbocycles. The maximum absolute atomic E-state index is 12.6. The molecule has 1 aliphatic heterocycles. The average Bonchev–Trinajstić information content (AvgIpc) is 3.31. The standard InChI is InChI=1S/C21H28N4O2.ClH/c26-20(15-17-7-4-5-8-17)25-12-6-11-24(13-14-25)16-19-22-21(27-23-19)18-9-2-1-3-10-18;/h1-3,9-10,17H,4-8,11-16H2;1H. The summed E-state index contributed by atoms with van der Waals surface area (Å²) in [6.45, 7) is 4.16. The molecule has 0 bridgehead atoms. The maximum atomic E-state index is 12.6. The molecule has 1 saturated heterocycles. The smallest absolute Gasteiger partial charge is 0.257 e. The molecule has 28 heavy (non-hydrogen) atoms. The highest BCUT2D eigenvalue weighted by molar-refractivity contribution is 5.85. The first-order chi connectivity index (χ1) is 13.3. The highest BCUT2D eigenvalue weighted by atomic mass is 35.5. The van der Waals surface area contributed by atoms with Crippen molar-refractivity contribution in [2.45, 2.75) is 45.1 Å². The molecule has 2 heterocycles. The third kappa shape index (κ3) is 5.32. The van der Waals surface area contributed by atoms with E-state index in [9.17, 15) is 4.79 Å². The van der Waals surface area contributed by atoms with Gasteiger partial charge in [0.15, 0.2) is 5.82 Å². The van der Waals surface area contributed by atoms with Crippen molar-refractivity contribution in [2.24, 2.45) is 5.92 Å². The fourth-order valence-electron chi connectivity index (χ4n) is 4.19. The van der Waals surface area contributed by atoms with Gasteiger partial charge in [-0.3, -0.25) is 9.69 Å². The molecule has 1 amide bonds. The molecule has 1 saturated carbocycles. The quantitative estimate of drug-likeness (QED) is 0.758. The van der Waals surface area contributed by atoms with Crippen LogP contribution in [0.15, 0.2) is 34.9 Å². The second-order valence-electron chi connectivity index (χ2n) is 7.75. The normalized spacial score (nSPS) is 18.6. The van der Waals surface area contributed by atoms with Crippen molar-refractivity contribution in [3.8, 4) is 11.5 Å². The van der Waals surface area contributed by atoms with Gasteiger partial charge in [-0.15, -0.1) is 12.4 Å². The van der Waals surface area contributed by atoms with E-state index in [-0.39, 0.29) is 12.4 Å². The zero-order valence-electron chi connectivity index (χ0n) is 16.3. The minimum Gasteiger partial charge on any atom is -0.341 e. The molecule has 0 atom stereocenters. The Morgan fingerprint density at radius 2 is 1.82 bits per heavy atom. The van der Waals surface area contributed by atoms with Crippen molar-refractivity contribution >= 4 is 18.3 Å². The second kappa shape index (κ2) is 10.0. The van der Waals surface area contributed by atoms with Crippen LogP contribution in [0.3, 0.4) is 0 Å². The number of carbonyl (C=O) groups is 1. The van der Waals surface area contributed by atoms with E-state index in [0.29, 0.717) is 30.1 Å². The van der Waals surface area contributed by atoms with Crippen molar-refractivity contribution < 1.29 is 9.32 Å². The number of hydrogen-bond acceptors (Lipinski definition) is 5. The molecule has 0 radical (unpaired) electrons. The molecular weight excluding hydrogens is 376 g/mol. The van der Waals surface area contributed by atoms with Gasteiger partial charge in [-0.25, -0.2) is 0 Å². The SMILES string of the molecule is Cl.O=C(CC1CCCC1)N1CCCN(Cc2noc(-c3ccccc3)n2)CC1. The maximum Gasteiger partial charge on any atom is 0.257 e. The van der Waals surface area contributed by atoms with Gasteiger partial charge in [0.25, 0.3) is 5.89 Å². The Morgan fingerprint density at radius 3 is 2.61 bits per heavy atom.